The highest BCUT2D eigenvalue weighted by atomic mass is 79.9. The normalized spacial score (nSPS) is 10.5. The minimum Gasteiger partial charge on any atom is -0.464 e. The molecule has 0 bridgehead atoms. The Morgan fingerprint density at radius 1 is 1.57 bits per heavy atom. The molecule has 0 saturated heterocycles. The average Bonchev–Trinajstić information content (AvgIpc) is 2.54. The van der Waals surface area contributed by atoms with Crippen molar-refractivity contribution in [3.8, 4) is 0 Å². The first-order chi connectivity index (χ1) is 6.61. The molecule has 0 aliphatic carbocycles. The second-order valence-corrected chi connectivity index (χ2v) is 3.63. The third kappa shape index (κ3) is 3.94. The summed E-state index contributed by atoms with van der Waals surface area (Å²) in [5.41, 5.74) is 2.12. The Morgan fingerprint density at radius 2 is 2.14 bits per heavy atom. The molecule has 1 N–H and O–H groups in total. The highest BCUT2D eigenvalue weighted by molar-refractivity contribution is 9.15. The molecule has 1 rings (SSSR count). The minimum absolute atomic E-state index is 0.873. The smallest absolute Gasteiger partial charge is 0.143 e. The van der Waals surface area contributed by atoms with Crippen LogP contribution < -0.4 is 0 Å². The highest BCUT2D eigenvalue weighted by Gasteiger charge is 2.04. The van der Waals surface area contributed by atoms with Crippen LogP contribution in [0.4, 0.5) is 0 Å². The number of aryl methyl sites for hydroxylation is 1. The van der Waals surface area contributed by atoms with Gasteiger partial charge in [0, 0.05) is 7.11 Å². The molecule has 78 valence electrons. The van der Waals surface area contributed by atoms with Crippen LogP contribution in [0.25, 0.3) is 4.48 Å². The summed E-state index contributed by atoms with van der Waals surface area (Å²) < 4.78 is 6.21. The zero-order chi connectivity index (χ0) is 11.1. The average molecular weight is 259 g/mol. The molecule has 2 nitrogen and oxygen atoms in total. The third-order valence-electron chi connectivity index (χ3n) is 1.45. The van der Waals surface area contributed by atoms with Gasteiger partial charge in [-0.3, -0.25) is 0 Å². The van der Waals surface area contributed by atoms with E-state index in [9.17, 15) is 0 Å². The van der Waals surface area contributed by atoms with Crippen LogP contribution >= 0.6 is 15.9 Å². The van der Waals surface area contributed by atoms with Crippen LogP contribution in [0.15, 0.2) is 35.0 Å². The molecule has 0 saturated carbocycles. The summed E-state index contributed by atoms with van der Waals surface area (Å²) >= 11 is 3.42. The molecule has 0 aliphatic heterocycles. The van der Waals surface area contributed by atoms with Gasteiger partial charge in [0.15, 0.2) is 0 Å². The quantitative estimate of drug-likeness (QED) is 0.824. The van der Waals surface area contributed by atoms with Gasteiger partial charge in [-0.15, -0.1) is 0 Å². The first-order valence-electron chi connectivity index (χ1n) is 4.13. The second-order valence-electron chi connectivity index (χ2n) is 2.77. The van der Waals surface area contributed by atoms with Gasteiger partial charge in [-0.2, -0.15) is 0 Å². The van der Waals surface area contributed by atoms with E-state index in [1.165, 1.54) is 0 Å². The summed E-state index contributed by atoms with van der Waals surface area (Å²) in [6.45, 7) is 7.74. The lowest BCUT2D eigenvalue weighted by molar-refractivity contribution is 0.399. The van der Waals surface area contributed by atoms with Crippen molar-refractivity contribution in [3.63, 3.8) is 0 Å². The number of furan rings is 1. The number of allylic oxidation sites excluding steroid dienone is 2. The summed E-state index contributed by atoms with van der Waals surface area (Å²) in [5.74, 6) is 0.873. The standard InChI is InChI=1S/C10H11BrO.CH4O/c1-7(2)6-9(11)10-8(3)4-5-12-10;1-2/h4-6H,1H2,2-3H3;2H,1H3/b9-6+;. The molecule has 14 heavy (non-hydrogen) atoms. The molecular formula is C11H15BrO2. The molecule has 0 amide bonds. The van der Waals surface area contributed by atoms with E-state index in [4.69, 9.17) is 9.52 Å². The van der Waals surface area contributed by atoms with Crippen molar-refractivity contribution in [2.75, 3.05) is 7.11 Å². The maximum absolute atomic E-state index is 7.00. The minimum atomic E-state index is 0.873. The maximum atomic E-state index is 7.00. The molecular weight excluding hydrogens is 244 g/mol. The molecule has 1 aromatic rings. The topological polar surface area (TPSA) is 33.4 Å². The second kappa shape index (κ2) is 6.62. The molecule has 1 heterocycles. The van der Waals surface area contributed by atoms with E-state index in [2.05, 4.69) is 22.5 Å². The van der Waals surface area contributed by atoms with Gasteiger partial charge in [0.1, 0.15) is 5.76 Å². The molecule has 3 heteroatoms. The summed E-state index contributed by atoms with van der Waals surface area (Å²) in [4.78, 5) is 0. The Bertz CT molecular complexity index is 324. The van der Waals surface area contributed by atoms with Gasteiger partial charge < -0.3 is 9.52 Å². The molecule has 0 aliphatic rings. The van der Waals surface area contributed by atoms with Gasteiger partial charge in [-0.1, -0.05) is 12.2 Å². The van der Waals surface area contributed by atoms with Crippen molar-refractivity contribution in [3.05, 3.63) is 41.9 Å². The first-order valence-corrected chi connectivity index (χ1v) is 4.92. The van der Waals surface area contributed by atoms with Crippen molar-refractivity contribution < 1.29 is 9.52 Å². The summed E-state index contributed by atoms with van der Waals surface area (Å²) in [6, 6.07) is 1.93. The lowest BCUT2D eigenvalue weighted by atomic mass is 10.2. The van der Waals surface area contributed by atoms with Gasteiger partial charge in [0.2, 0.25) is 0 Å². The van der Waals surface area contributed by atoms with Crippen molar-refractivity contribution in [2.45, 2.75) is 13.8 Å². The van der Waals surface area contributed by atoms with Crippen molar-refractivity contribution in [1.29, 1.82) is 0 Å². The molecule has 0 atom stereocenters. The summed E-state index contributed by atoms with van der Waals surface area (Å²) in [6.07, 6.45) is 3.62. The molecule has 0 aromatic carbocycles. The molecule has 0 unspecified atom stereocenters. The van der Waals surface area contributed by atoms with Gasteiger partial charge in [0.25, 0.3) is 0 Å². The highest BCUT2D eigenvalue weighted by Crippen LogP contribution is 2.26. The van der Waals surface area contributed by atoms with Crippen LogP contribution in [-0.4, -0.2) is 12.2 Å². The number of rotatable bonds is 2. The fraction of sp³-hybridized carbons (Fsp3) is 0.273. The molecule has 0 spiro atoms. The zero-order valence-corrected chi connectivity index (χ0v) is 10.3. The molecule has 0 radical (unpaired) electrons. The van der Waals surface area contributed by atoms with E-state index in [1.54, 1.807) is 6.26 Å². The Labute approximate surface area is 93.1 Å². The van der Waals surface area contributed by atoms with Gasteiger partial charge >= 0.3 is 0 Å². The van der Waals surface area contributed by atoms with Crippen LogP contribution in [0.3, 0.4) is 0 Å². The maximum Gasteiger partial charge on any atom is 0.143 e. The van der Waals surface area contributed by atoms with E-state index in [0.717, 1.165) is 28.5 Å². The van der Waals surface area contributed by atoms with Gasteiger partial charge in [-0.25, -0.2) is 0 Å². The van der Waals surface area contributed by atoms with E-state index >= 15 is 0 Å². The molecule has 0 fully saturated rings. The zero-order valence-electron chi connectivity index (χ0n) is 8.67. The fourth-order valence-corrected chi connectivity index (χ4v) is 1.70. The predicted octanol–water partition coefficient (Wildman–Crippen LogP) is 3.51. The summed E-state index contributed by atoms with van der Waals surface area (Å²) in [5, 5.41) is 7.00. The van der Waals surface area contributed by atoms with Crippen molar-refractivity contribution in [1.82, 2.24) is 0 Å². The number of aliphatic hydroxyl groups excluding tert-OH is 1. The third-order valence-corrected chi connectivity index (χ3v) is 2.04. The number of hydrogen-bond acceptors (Lipinski definition) is 2. The van der Waals surface area contributed by atoms with Crippen LogP contribution in [0.1, 0.15) is 18.2 Å². The van der Waals surface area contributed by atoms with E-state index in [1.807, 2.05) is 26.0 Å². The Kier molecular flexibility index (Phi) is 6.25. The van der Waals surface area contributed by atoms with Crippen LogP contribution in [0.2, 0.25) is 0 Å². The summed E-state index contributed by atoms with van der Waals surface area (Å²) in [7, 11) is 1.00. The lowest BCUT2D eigenvalue weighted by Gasteiger charge is -1.95. The van der Waals surface area contributed by atoms with E-state index in [0.29, 0.717) is 0 Å². The van der Waals surface area contributed by atoms with Crippen molar-refractivity contribution in [2.24, 2.45) is 0 Å². The number of aliphatic hydroxyl groups is 1. The van der Waals surface area contributed by atoms with E-state index < -0.39 is 0 Å². The first kappa shape index (κ1) is 13.2. The van der Waals surface area contributed by atoms with Gasteiger partial charge in [-0.05, 0) is 47.5 Å². The lowest BCUT2D eigenvalue weighted by Crippen LogP contribution is -1.75. The van der Waals surface area contributed by atoms with Gasteiger partial charge in [0.05, 0.1) is 10.7 Å². The van der Waals surface area contributed by atoms with Crippen LogP contribution in [0, 0.1) is 6.92 Å². The van der Waals surface area contributed by atoms with E-state index in [-0.39, 0.29) is 0 Å². The van der Waals surface area contributed by atoms with Crippen LogP contribution in [0.5, 0.6) is 0 Å². The monoisotopic (exact) mass is 258 g/mol. The Hall–Kier alpha value is -0.800. The number of halogens is 1. The molecule has 1 aromatic heterocycles. The Morgan fingerprint density at radius 3 is 2.50 bits per heavy atom. The SMILES string of the molecule is C=C(C)/C=C(/Br)c1occc1C.CO. The van der Waals surface area contributed by atoms with Crippen molar-refractivity contribution >= 4 is 20.4 Å². The largest absolute Gasteiger partial charge is 0.464 e. The fourth-order valence-electron chi connectivity index (χ4n) is 0.899. The van der Waals surface area contributed by atoms with Crippen LogP contribution in [-0.2, 0) is 0 Å². The number of hydrogen-bond donors (Lipinski definition) is 1. The Balaban J connectivity index is 0.000000791. The predicted molar refractivity (Wildman–Crippen MR) is 63.3 cm³/mol.